The molecule has 0 fully saturated rings. The second-order valence-corrected chi connectivity index (χ2v) is 4.47. The van der Waals surface area contributed by atoms with Crippen LogP contribution in [0, 0.1) is 0 Å². The molecule has 76 valence electrons. The van der Waals surface area contributed by atoms with E-state index in [1.165, 1.54) is 0 Å². The molecule has 3 heteroatoms. The van der Waals surface area contributed by atoms with E-state index in [1.54, 1.807) is 0 Å². The number of ether oxygens (including phenoxy) is 1. The van der Waals surface area contributed by atoms with Crippen LogP contribution in [0.1, 0.15) is 31.9 Å². The van der Waals surface area contributed by atoms with E-state index in [0.29, 0.717) is 0 Å². The van der Waals surface area contributed by atoms with Crippen LogP contribution < -0.4 is 16.2 Å². The zero-order valence-corrected chi connectivity index (χ0v) is 8.58. The van der Waals surface area contributed by atoms with Gasteiger partial charge in [-0.05, 0) is 32.0 Å². The smallest absolute Gasteiger partial charge is 0.125 e. The second-order valence-electron chi connectivity index (χ2n) is 4.47. The fourth-order valence-corrected chi connectivity index (χ4v) is 1.93. The summed E-state index contributed by atoms with van der Waals surface area (Å²) in [6.07, 6.45) is 0.823. The molecular formula is C11H16N2O. The molecule has 1 aromatic carbocycles. The molecule has 1 atom stereocenters. The van der Waals surface area contributed by atoms with E-state index in [1.807, 2.05) is 32.0 Å². The Bertz CT molecular complexity index is 360. The lowest BCUT2D eigenvalue weighted by molar-refractivity contribution is 0.0729. The van der Waals surface area contributed by atoms with Gasteiger partial charge in [-0.15, -0.1) is 0 Å². The molecule has 0 bridgehead atoms. The van der Waals surface area contributed by atoms with Crippen molar-refractivity contribution in [2.75, 3.05) is 5.73 Å². The summed E-state index contributed by atoms with van der Waals surface area (Å²) in [6, 6.07) is 5.66. The first-order chi connectivity index (χ1) is 6.48. The van der Waals surface area contributed by atoms with Crippen LogP contribution in [-0.4, -0.2) is 5.60 Å². The molecule has 14 heavy (non-hydrogen) atoms. The van der Waals surface area contributed by atoms with Crippen LogP contribution >= 0.6 is 0 Å². The molecule has 0 aromatic heterocycles. The van der Waals surface area contributed by atoms with Gasteiger partial charge in [-0.25, -0.2) is 0 Å². The molecule has 0 unspecified atom stereocenters. The summed E-state index contributed by atoms with van der Waals surface area (Å²) in [6.45, 7) is 4.10. The highest BCUT2D eigenvalue weighted by Crippen LogP contribution is 2.38. The number of hydrogen-bond donors (Lipinski definition) is 2. The lowest BCUT2D eigenvalue weighted by Crippen LogP contribution is -2.37. The molecule has 1 heterocycles. The second kappa shape index (κ2) is 2.89. The van der Waals surface area contributed by atoms with Gasteiger partial charge >= 0.3 is 0 Å². The maximum Gasteiger partial charge on any atom is 0.125 e. The van der Waals surface area contributed by atoms with Gasteiger partial charge in [-0.1, -0.05) is 0 Å². The average Bonchev–Trinajstić information content (AvgIpc) is 2.05. The molecule has 1 aliphatic rings. The monoisotopic (exact) mass is 192 g/mol. The SMILES string of the molecule is CC1(C)C[C@H](N)c2cc(N)ccc2O1. The summed E-state index contributed by atoms with van der Waals surface area (Å²) in [5.74, 6) is 0.864. The highest BCUT2D eigenvalue weighted by atomic mass is 16.5. The van der Waals surface area contributed by atoms with E-state index in [9.17, 15) is 0 Å². The first kappa shape index (κ1) is 9.34. The Labute approximate surface area is 84.0 Å². The van der Waals surface area contributed by atoms with E-state index in [0.717, 1.165) is 23.4 Å². The third-order valence-corrected chi connectivity index (χ3v) is 2.53. The first-order valence-electron chi connectivity index (χ1n) is 4.82. The predicted octanol–water partition coefficient (Wildman–Crippen LogP) is 1.83. The van der Waals surface area contributed by atoms with Gasteiger partial charge in [0.2, 0.25) is 0 Å². The van der Waals surface area contributed by atoms with Gasteiger partial charge < -0.3 is 16.2 Å². The quantitative estimate of drug-likeness (QED) is 0.616. The molecule has 4 N–H and O–H groups in total. The van der Waals surface area contributed by atoms with Crippen LogP contribution in [-0.2, 0) is 0 Å². The van der Waals surface area contributed by atoms with Gasteiger partial charge in [0.1, 0.15) is 11.4 Å². The van der Waals surface area contributed by atoms with Crippen molar-refractivity contribution in [1.82, 2.24) is 0 Å². The Hall–Kier alpha value is -1.22. The number of rotatable bonds is 0. The highest BCUT2D eigenvalue weighted by Gasteiger charge is 2.31. The average molecular weight is 192 g/mol. The summed E-state index contributed by atoms with van der Waals surface area (Å²) in [5, 5.41) is 0. The third-order valence-electron chi connectivity index (χ3n) is 2.53. The summed E-state index contributed by atoms with van der Waals surface area (Å²) in [7, 11) is 0. The Morgan fingerprint density at radius 1 is 1.43 bits per heavy atom. The standard InChI is InChI=1S/C11H16N2O/c1-11(2)6-9(13)8-5-7(12)3-4-10(8)14-11/h3-5,9H,6,12-13H2,1-2H3/t9-/m0/s1. The largest absolute Gasteiger partial charge is 0.487 e. The minimum Gasteiger partial charge on any atom is -0.487 e. The summed E-state index contributed by atoms with van der Waals surface area (Å²) in [5.41, 5.74) is 13.3. The van der Waals surface area contributed by atoms with Crippen LogP contribution in [0.5, 0.6) is 5.75 Å². The van der Waals surface area contributed by atoms with Gasteiger partial charge in [-0.3, -0.25) is 0 Å². The van der Waals surface area contributed by atoms with E-state index < -0.39 is 0 Å². The Kier molecular flexibility index (Phi) is 1.93. The number of nitrogen functional groups attached to an aromatic ring is 1. The summed E-state index contributed by atoms with van der Waals surface area (Å²) < 4.78 is 5.81. The molecule has 1 aromatic rings. The summed E-state index contributed by atoms with van der Waals surface area (Å²) >= 11 is 0. The van der Waals surface area contributed by atoms with Crippen LogP contribution in [0.3, 0.4) is 0 Å². The van der Waals surface area contributed by atoms with E-state index in [2.05, 4.69) is 0 Å². The van der Waals surface area contributed by atoms with Crippen LogP contribution in [0.25, 0.3) is 0 Å². The van der Waals surface area contributed by atoms with Crippen molar-refractivity contribution in [3.05, 3.63) is 23.8 Å². The van der Waals surface area contributed by atoms with E-state index >= 15 is 0 Å². The lowest BCUT2D eigenvalue weighted by atomic mass is 9.90. The predicted molar refractivity (Wildman–Crippen MR) is 57.1 cm³/mol. The van der Waals surface area contributed by atoms with Crippen molar-refractivity contribution in [3.8, 4) is 5.75 Å². The van der Waals surface area contributed by atoms with Crippen molar-refractivity contribution in [3.63, 3.8) is 0 Å². The molecule has 0 saturated carbocycles. The van der Waals surface area contributed by atoms with Crippen molar-refractivity contribution in [2.24, 2.45) is 5.73 Å². The minimum atomic E-state index is -0.178. The Morgan fingerprint density at radius 3 is 2.86 bits per heavy atom. The van der Waals surface area contributed by atoms with Gasteiger partial charge in [0.15, 0.2) is 0 Å². The van der Waals surface area contributed by atoms with Gasteiger partial charge in [0, 0.05) is 23.7 Å². The fourth-order valence-electron chi connectivity index (χ4n) is 1.93. The third kappa shape index (κ3) is 1.55. The molecule has 0 amide bonds. The molecule has 0 saturated heterocycles. The molecule has 0 radical (unpaired) electrons. The van der Waals surface area contributed by atoms with Crippen molar-refractivity contribution in [2.45, 2.75) is 31.9 Å². The molecule has 2 rings (SSSR count). The molecule has 0 aliphatic carbocycles. The van der Waals surface area contributed by atoms with Gasteiger partial charge in [0.25, 0.3) is 0 Å². The molecule has 3 nitrogen and oxygen atoms in total. The normalized spacial score (nSPS) is 23.8. The topological polar surface area (TPSA) is 61.3 Å². The molecular weight excluding hydrogens is 176 g/mol. The minimum absolute atomic E-state index is 0.0252. The van der Waals surface area contributed by atoms with E-state index in [4.69, 9.17) is 16.2 Å². The number of nitrogens with two attached hydrogens (primary N) is 2. The maximum absolute atomic E-state index is 6.06. The van der Waals surface area contributed by atoms with Crippen LogP contribution in [0.4, 0.5) is 5.69 Å². The number of fused-ring (bicyclic) bond motifs is 1. The first-order valence-corrected chi connectivity index (χ1v) is 4.82. The lowest BCUT2D eigenvalue weighted by Gasteiger charge is -2.36. The fraction of sp³-hybridized carbons (Fsp3) is 0.455. The number of anilines is 1. The van der Waals surface area contributed by atoms with Crippen molar-refractivity contribution >= 4 is 5.69 Å². The zero-order chi connectivity index (χ0) is 10.3. The maximum atomic E-state index is 6.06. The van der Waals surface area contributed by atoms with Crippen molar-refractivity contribution < 1.29 is 4.74 Å². The van der Waals surface area contributed by atoms with Gasteiger partial charge in [-0.2, -0.15) is 0 Å². The number of benzene rings is 1. The number of hydrogen-bond acceptors (Lipinski definition) is 3. The molecule has 1 aliphatic heterocycles. The van der Waals surface area contributed by atoms with E-state index in [-0.39, 0.29) is 11.6 Å². The van der Waals surface area contributed by atoms with Crippen LogP contribution in [0.15, 0.2) is 18.2 Å². The van der Waals surface area contributed by atoms with Crippen molar-refractivity contribution in [1.29, 1.82) is 0 Å². The highest BCUT2D eigenvalue weighted by molar-refractivity contribution is 5.50. The van der Waals surface area contributed by atoms with Crippen LogP contribution in [0.2, 0.25) is 0 Å². The Morgan fingerprint density at radius 2 is 2.14 bits per heavy atom. The zero-order valence-electron chi connectivity index (χ0n) is 8.58. The molecule has 0 spiro atoms. The Balaban J connectivity index is 2.45. The summed E-state index contributed by atoms with van der Waals surface area (Å²) in [4.78, 5) is 0. The van der Waals surface area contributed by atoms with Gasteiger partial charge in [0.05, 0.1) is 0 Å².